The van der Waals surface area contributed by atoms with Crippen molar-refractivity contribution in [1.82, 2.24) is 10.3 Å². The van der Waals surface area contributed by atoms with Crippen molar-refractivity contribution in [3.8, 4) is 5.75 Å². The number of aryl methyl sites for hydroxylation is 2. The third kappa shape index (κ3) is 5.84. The van der Waals surface area contributed by atoms with Crippen LogP contribution in [-0.4, -0.2) is 17.6 Å². The van der Waals surface area contributed by atoms with E-state index in [2.05, 4.69) is 15.6 Å². The average molecular weight is 375 g/mol. The molecule has 5 heteroatoms. The molecular weight excluding hydrogens is 350 g/mol. The lowest BCUT2D eigenvalue weighted by Crippen LogP contribution is -2.30. The van der Waals surface area contributed by atoms with E-state index >= 15 is 0 Å². The molecule has 0 aliphatic carbocycles. The van der Waals surface area contributed by atoms with E-state index in [0.717, 1.165) is 40.2 Å². The molecule has 144 valence electrons. The Morgan fingerprint density at radius 3 is 2.54 bits per heavy atom. The fourth-order valence-electron chi connectivity index (χ4n) is 2.74. The first-order chi connectivity index (χ1) is 13.6. The lowest BCUT2D eigenvalue weighted by Gasteiger charge is -2.12. The van der Waals surface area contributed by atoms with Crippen LogP contribution in [0.25, 0.3) is 0 Å². The quantitative estimate of drug-likeness (QED) is 0.632. The minimum absolute atomic E-state index is 0.221. The van der Waals surface area contributed by atoms with Crippen molar-refractivity contribution in [3.05, 3.63) is 89.2 Å². The van der Waals surface area contributed by atoms with E-state index in [1.54, 1.807) is 0 Å². The summed E-state index contributed by atoms with van der Waals surface area (Å²) >= 11 is 0. The molecule has 0 spiro atoms. The van der Waals surface area contributed by atoms with Gasteiger partial charge in [0, 0.05) is 24.1 Å². The number of hydrogen-bond acceptors (Lipinski definition) is 3. The first-order valence-electron chi connectivity index (χ1n) is 9.34. The van der Waals surface area contributed by atoms with Crippen LogP contribution in [0.1, 0.15) is 22.4 Å². The van der Waals surface area contributed by atoms with Crippen LogP contribution in [0.4, 0.5) is 10.5 Å². The highest BCUT2D eigenvalue weighted by Crippen LogP contribution is 2.22. The van der Waals surface area contributed by atoms with Gasteiger partial charge in [0.05, 0.1) is 0 Å². The van der Waals surface area contributed by atoms with Crippen molar-refractivity contribution in [2.24, 2.45) is 0 Å². The number of rotatable bonds is 7. The molecule has 2 amide bonds. The van der Waals surface area contributed by atoms with Gasteiger partial charge in [-0.2, -0.15) is 0 Å². The maximum atomic E-state index is 12.1. The smallest absolute Gasteiger partial charge is 0.319 e. The Morgan fingerprint density at radius 1 is 1.00 bits per heavy atom. The molecule has 0 radical (unpaired) electrons. The van der Waals surface area contributed by atoms with Gasteiger partial charge in [-0.1, -0.05) is 36.4 Å². The predicted octanol–water partition coefficient (Wildman–Crippen LogP) is 4.64. The number of pyridine rings is 1. The molecule has 28 heavy (non-hydrogen) atoms. The summed E-state index contributed by atoms with van der Waals surface area (Å²) in [6.45, 7) is 4.97. The minimum Gasteiger partial charge on any atom is -0.489 e. The van der Waals surface area contributed by atoms with E-state index < -0.39 is 0 Å². The van der Waals surface area contributed by atoms with Crippen LogP contribution in [0.5, 0.6) is 5.75 Å². The molecule has 0 atom stereocenters. The number of nitrogens with one attached hydrogen (secondary N) is 2. The molecule has 3 rings (SSSR count). The molecule has 2 N–H and O–H groups in total. The van der Waals surface area contributed by atoms with Gasteiger partial charge in [-0.05, 0) is 61.2 Å². The number of ether oxygens (including phenoxy) is 1. The summed E-state index contributed by atoms with van der Waals surface area (Å²) in [6.07, 6.45) is 2.58. The second kappa shape index (κ2) is 9.55. The van der Waals surface area contributed by atoms with Gasteiger partial charge < -0.3 is 15.4 Å². The van der Waals surface area contributed by atoms with E-state index in [4.69, 9.17) is 4.74 Å². The zero-order valence-electron chi connectivity index (χ0n) is 16.2. The molecule has 0 bridgehead atoms. The highest BCUT2D eigenvalue weighted by molar-refractivity contribution is 5.90. The molecule has 0 aliphatic heterocycles. The number of urea groups is 1. The lowest BCUT2D eigenvalue weighted by atomic mass is 10.2. The van der Waals surface area contributed by atoms with Crippen LogP contribution < -0.4 is 15.4 Å². The lowest BCUT2D eigenvalue weighted by molar-refractivity contribution is 0.252. The summed E-state index contributed by atoms with van der Waals surface area (Å²) < 4.78 is 5.82. The largest absolute Gasteiger partial charge is 0.489 e. The molecule has 1 heterocycles. The van der Waals surface area contributed by atoms with E-state index in [1.807, 2.05) is 80.7 Å². The SMILES string of the molecule is Cc1ccc(CCNC(=O)Nc2ccc(OCc3ccccc3)cc2C)cn1. The molecular formula is C23H25N3O2. The summed E-state index contributed by atoms with van der Waals surface area (Å²) in [5, 5.41) is 5.76. The van der Waals surface area contributed by atoms with Gasteiger partial charge in [0.1, 0.15) is 12.4 Å². The van der Waals surface area contributed by atoms with Crippen molar-refractivity contribution in [2.75, 3.05) is 11.9 Å². The standard InChI is InChI=1S/C23H25N3O2/c1-17-14-21(28-16-20-6-4-3-5-7-20)10-11-22(17)26-23(27)24-13-12-19-9-8-18(2)25-15-19/h3-11,14-15H,12-13,16H2,1-2H3,(H2,24,26,27). The van der Waals surface area contributed by atoms with Crippen molar-refractivity contribution >= 4 is 11.7 Å². The summed E-state index contributed by atoms with van der Waals surface area (Å²) in [6, 6.07) is 19.5. The number of nitrogens with zero attached hydrogens (tertiary/aromatic N) is 1. The fraction of sp³-hybridized carbons (Fsp3) is 0.217. The first-order valence-corrected chi connectivity index (χ1v) is 9.34. The second-order valence-electron chi connectivity index (χ2n) is 6.69. The Hall–Kier alpha value is -3.34. The third-order valence-corrected chi connectivity index (χ3v) is 4.37. The summed E-state index contributed by atoms with van der Waals surface area (Å²) in [4.78, 5) is 16.4. The highest BCUT2D eigenvalue weighted by Gasteiger charge is 2.06. The third-order valence-electron chi connectivity index (χ3n) is 4.37. The first kappa shape index (κ1) is 19.4. The molecule has 0 fully saturated rings. The Labute approximate surface area is 165 Å². The maximum absolute atomic E-state index is 12.1. The Morgan fingerprint density at radius 2 is 1.82 bits per heavy atom. The average Bonchev–Trinajstić information content (AvgIpc) is 2.70. The van der Waals surface area contributed by atoms with E-state index in [9.17, 15) is 4.79 Å². The van der Waals surface area contributed by atoms with Gasteiger partial charge in [-0.15, -0.1) is 0 Å². The van der Waals surface area contributed by atoms with Crippen molar-refractivity contribution < 1.29 is 9.53 Å². The molecule has 0 saturated carbocycles. The number of aromatic nitrogens is 1. The number of hydrogen-bond donors (Lipinski definition) is 2. The molecule has 3 aromatic rings. The number of carbonyl (C=O) groups is 1. The van der Waals surface area contributed by atoms with Gasteiger partial charge in [0.2, 0.25) is 0 Å². The van der Waals surface area contributed by atoms with Gasteiger partial charge >= 0.3 is 6.03 Å². The number of amides is 2. The van der Waals surface area contributed by atoms with Gasteiger partial charge in [-0.3, -0.25) is 4.98 Å². The van der Waals surface area contributed by atoms with Crippen LogP contribution in [0.15, 0.2) is 66.9 Å². The summed E-state index contributed by atoms with van der Waals surface area (Å²) in [5.74, 6) is 0.777. The number of anilines is 1. The zero-order chi connectivity index (χ0) is 19.8. The topological polar surface area (TPSA) is 63.2 Å². The predicted molar refractivity (Wildman–Crippen MR) is 112 cm³/mol. The fourth-order valence-corrected chi connectivity index (χ4v) is 2.74. The maximum Gasteiger partial charge on any atom is 0.319 e. The molecule has 0 aliphatic rings. The number of benzene rings is 2. The van der Waals surface area contributed by atoms with Gasteiger partial charge in [0.25, 0.3) is 0 Å². The van der Waals surface area contributed by atoms with Crippen LogP contribution >= 0.6 is 0 Å². The van der Waals surface area contributed by atoms with E-state index in [1.165, 1.54) is 0 Å². The normalized spacial score (nSPS) is 10.4. The van der Waals surface area contributed by atoms with Crippen LogP contribution in [-0.2, 0) is 13.0 Å². The molecule has 5 nitrogen and oxygen atoms in total. The van der Waals surface area contributed by atoms with Gasteiger partial charge in [0.15, 0.2) is 0 Å². The Kier molecular flexibility index (Phi) is 6.63. The van der Waals surface area contributed by atoms with Crippen molar-refractivity contribution in [3.63, 3.8) is 0 Å². The van der Waals surface area contributed by atoms with E-state index in [0.29, 0.717) is 13.2 Å². The van der Waals surface area contributed by atoms with E-state index in [-0.39, 0.29) is 6.03 Å². The second-order valence-corrected chi connectivity index (χ2v) is 6.69. The summed E-state index contributed by atoms with van der Waals surface area (Å²) in [7, 11) is 0. The molecule has 0 unspecified atom stereocenters. The summed E-state index contributed by atoms with van der Waals surface area (Å²) in [5.41, 5.74) is 4.92. The van der Waals surface area contributed by atoms with Crippen LogP contribution in [0.3, 0.4) is 0 Å². The minimum atomic E-state index is -0.221. The Bertz CT molecular complexity index is 909. The van der Waals surface area contributed by atoms with Crippen LogP contribution in [0, 0.1) is 13.8 Å². The molecule has 1 aromatic heterocycles. The highest BCUT2D eigenvalue weighted by atomic mass is 16.5. The monoisotopic (exact) mass is 375 g/mol. The van der Waals surface area contributed by atoms with Crippen LogP contribution in [0.2, 0.25) is 0 Å². The number of carbonyl (C=O) groups excluding carboxylic acids is 1. The van der Waals surface area contributed by atoms with Crippen molar-refractivity contribution in [2.45, 2.75) is 26.9 Å². The van der Waals surface area contributed by atoms with Gasteiger partial charge in [-0.25, -0.2) is 4.79 Å². The molecule has 2 aromatic carbocycles. The zero-order valence-corrected chi connectivity index (χ0v) is 16.2. The Balaban J connectivity index is 1.46. The van der Waals surface area contributed by atoms with Crippen molar-refractivity contribution in [1.29, 1.82) is 0 Å². The molecule has 0 saturated heterocycles.